The number of hydrogen-bond donors (Lipinski definition) is 1. The smallest absolute Gasteiger partial charge is 0.308 e. The average Bonchev–Trinajstić information content (AvgIpc) is 2.94. The minimum atomic E-state index is -1.32. The van der Waals surface area contributed by atoms with Crippen molar-refractivity contribution in [2.45, 2.75) is 76.8 Å². The lowest BCUT2D eigenvalue weighted by molar-refractivity contribution is -0.575. The van der Waals surface area contributed by atoms with Gasteiger partial charge in [0.2, 0.25) is 12.1 Å². The van der Waals surface area contributed by atoms with Crippen LogP contribution >= 0.6 is 0 Å². The van der Waals surface area contributed by atoms with Gasteiger partial charge in [-0.1, -0.05) is 13.8 Å². The Morgan fingerprint density at radius 2 is 1.88 bits per heavy atom. The zero-order chi connectivity index (χ0) is 22.8. The summed E-state index contributed by atoms with van der Waals surface area (Å²) in [5.74, 6) is -3.79. The maximum atomic E-state index is 14.4. The number of aliphatic carboxylic acids is 1. The summed E-state index contributed by atoms with van der Waals surface area (Å²) in [6, 6.07) is 1.99. The minimum Gasteiger partial charge on any atom is -0.481 e. The Morgan fingerprint density at radius 3 is 2.56 bits per heavy atom. The topological polar surface area (TPSA) is 83.5 Å². The zero-order valence-corrected chi connectivity index (χ0v) is 18.3. The van der Waals surface area contributed by atoms with Crippen molar-refractivity contribution in [3.63, 3.8) is 0 Å². The molecular formula is C23H28F2O7. The second-order valence-corrected chi connectivity index (χ2v) is 9.83. The van der Waals surface area contributed by atoms with E-state index in [2.05, 4.69) is 6.92 Å². The first-order valence-electron chi connectivity index (χ1n) is 11.2. The molecule has 6 rings (SSSR count). The van der Waals surface area contributed by atoms with Crippen LogP contribution in [-0.2, 0) is 30.5 Å². The Balaban J connectivity index is 1.44. The van der Waals surface area contributed by atoms with Crippen LogP contribution in [0.1, 0.15) is 52.0 Å². The Morgan fingerprint density at radius 1 is 1.16 bits per heavy atom. The summed E-state index contributed by atoms with van der Waals surface area (Å²) < 4.78 is 47.2. The first kappa shape index (κ1) is 22.0. The highest BCUT2D eigenvalue weighted by Gasteiger charge is 2.69. The van der Waals surface area contributed by atoms with Crippen LogP contribution in [0.25, 0.3) is 0 Å². The van der Waals surface area contributed by atoms with E-state index in [1.807, 2.05) is 13.8 Å². The van der Waals surface area contributed by atoms with Crippen LogP contribution in [0, 0.1) is 35.3 Å². The Kier molecular flexibility index (Phi) is 5.24. The van der Waals surface area contributed by atoms with Crippen LogP contribution < -0.4 is 4.74 Å². The van der Waals surface area contributed by atoms with Gasteiger partial charge in [0, 0.05) is 36.0 Å². The van der Waals surface area contributed by atoms with Crippen LogP contribution in [-0.4, -0.2) is 35.0 Å². The largest absolute Gasteiger partial charge is 0.481 e. The van der Waals surface area contributed by atoms with Gasteiger partial charge in [-0.05, 0) is 38.0 Å². The van der Waals surface area contributed by atoms with Crippen LogP contribution in [0.5, 0.6) is 5.75 Å². The fourth-order valence-corrected chi connectivity index (χ4v) is 6.11. The van der Waals surface area contributed by atoms with Crippen molar-refractivity contribution in [1.29, 1.82) is 0 Å². The number of fused-ring (bicyclic) bond motifs is 2. The lowest BCUT2D eigenvalue weighted by Gasteiger charge is -2.60. The molecule has 1 saturated carbocycles. The van der Waals surface area contributed by atoms with Gasteiger partial charge in [0.25, 0.3) is 0 Å². The number of hydrogen-bond acceptors (Lipinski definition) is 6. The molecule has 9 heteroatoms. The van der Waals surface area contributed by atoms with E-state index in [0.29, 0.717) is 12.3 Å². The highest BCUT2D eigenvalue weighted by Crippen LogP contribution is 2.60. The fourth-order valence-electron chi connectivity index (χ4n) is 6.11. The van der Waals surface area contributed by atoms with Gasteiger partial charge in [-0.2, -0.15) is 0 Å². The normalized spacial score (nSPS) is 42.8. The highest BCUT2D eigenvalue weighted by atomic mass is 19.1. The second kappa shape index (κ2) is 7.62. The summed E-state index contributed by atoms with van der Waals surface area (Å²) in [5.41, 5.74) is -1.26. The van der Waals surface area contributed by atoms with Gasteiger partial charge < -0.3 is 19.3 Å². The number of carboxylic acids is 1. The summed E-state index contributed by atoms with van der Waals surface area (Å²) in [6.07, 6.45) is 1.16. The molecule has 2 bridgehead atoms. The molecule has 8 atom stereocenters. The summed E-state index contributed by atoms with van der Waals surface area (Å²) >= 11 is 0. The van der Waals surface area contributed by atoms with E-state index in [4.69, 9.17) is 29.1 Å². The number of ether oxygens (including phenoxy) is 3. The molecule has 0 radical (unpaired) electrons. The van der Waals surface area contributed by atoms with Gasteiger partial charge in [0.15, 0.2) is 11.9 Å². The van der Waals surface area contributed by atoms with Gasteiger partial charge in [-0.25, -0.2) is 18.6 Å². The summed E-state index contributed by atoms with van der Waals surface area (Å²) in [6.45, 7) is 6.01. The number of benzene rings is 1. The van der Waals surface area contributed by atoms with Crippen LogP contribution in [0.4, 0.5) is 8.78 Å². The van der Waals surface area contributed by atoms with Crippen molar-refractivity contribution in [2.75, 3.05) is 0 Å². The quantitative estimate of drug-likeness (QED) is 0.684. The van der Waals surface area contributed by atoms with Crippen LogP contribution in [0.2, 0.25) is 0 Å². The van der Waals surface area contributed by atoms with Crippen molar-refractivity contribution in [3.05, 3.63) is 29.3 Å². The number of carbonyl (C=O) groups is 1. The van der Waals surface area contributed by atoms with Crippen molar-refractivity contribution in [1.82, 2.24) is 0 Å². The first-order valence-corrected chi connectivity index (χ1v) is 11.2. The third kappa shape index (κ3) is 3.32. The van der Waals surface area contributed by atoms with Crippen LogP contribution in [0.15, 0.2) is 12.1 Å². The molecule has 0 aromatic heterocycles. The molecule has 1 aliphatic carbocycles. The summed E-state index contributed by atoms with van der Waals surface area (Å²) in [5, 5.41) is 8.87. The van der Waals surface area contributed by atoms with E-state index in [1.165, 1.54) is 0 Å². The molecule has 1 N–H and O–H groups in total. The van der Waals surface area contributed by atoms with Crippen molar-refractivity contribution in [3.8, 4) is 5.75 Å². The van der Waals surface area contributed by atoms with Crippen LogP contribution in [0.3, 0.4) is 0 Å². The fraction of sp³-hybridized carbons (Fsp3) is 0.696. The predicted octanol–water partition coefficient (Wildman–Crippen LogP) is 4.18. The molecular weight excluding hydrogens is 426 g/mol. The molecule has 32 heavy (non-hydrogen) atoms. The van der Waals surface area contributed by atoms with Gasteiger partial charge in [0.05, 0.1) is 6.42 Å². The Bertz CT molecular complexity index is 903. The van der Waals surface area contributed by atoms with E-state index in [9.17, 15) is 13.6 Å². The van der Waals surface area contributed by atoms with Gasteiger partial charge >= 0.3 is 5.97 Å². The molecule has 5 fully saturated rings. The van der Waals surface area contributed by atoms with E-state index in [0.717, 1.165) is 31.4 Å². The number of carboxylic acid groups (broad SMARTS) is 1. The van der Waals surface area contributed by atoms with Gasteiger partial charge in [-0.3, -0.25) is 4.79 Å². The third-order valence-corrected chi connectivity index (χ3v) is 7.79. The average molecular weight is 454 g/mol. The van der Waals surface area contributed by atoms with Crippen molar-refractivity contribution in [2.24, 2.45) is 23.7 Å². The third-order valence-electron chi connectivity index (χ3n) is 7.79. The summed E-state index contributed by atoms with van der Waals surface area (Å²) in [7, 11) is 0. The Labute approximate surface area is 184 Å². The lowest BCUT2D eigenvalue weighted by Crippen LogP contribution is -2.70. The highest BCUT2D eigenvalue weighted by molar-refractivity contribution is 5.70. The van der Waals surface area contributed by atoms with E-state index < -0.39 is 53.6 Å². The first-order chi connectivity index (χ1) is 15.1. The lowest BCUT2D eigenvalue weighted by atomic mass is 9.58. The molecule has 1 aromatic rings. The summed E-state index contributed by atoms with van der Waals surface area (Å²) in [4.78, 5) is 22.7. The van der Waals surface area contributed by atoms with Gasteiger partial charge in [-0.15, -0.1) is 0 Å². The maximum Gasteiger partial charge on any atom is 0.308 e. The molecule has 1 aromatic carbocycles. The molecule has 176 valence electrons. The standard InChI is InChI=1S/C23H28F2O7/c1-11-4-5-16-12(2)20(28-13-8-17(24)14(10-19(26)27)18(25)9-13)29-21-23(16)15(11)6-7-22(3,30-21)31-32-23/h8-9,11-12,15-16,20-21H,4-7,10H2,1-3H3,(H,26,27)/t11-,12-,15+,16+,20-,21-,22-,23-/m1/s1. The predicted molar refractivity (Wildman–Crippen MR) is 105 cm³/mol. The molecule has 0 amide bonds. The van der Waals surface area contributed by atoms with E-state index in [1.54, 1.807) is 0 Å². The molecule has 0 unspecified atom stereocenters. The maximum absolute atomic E-state index is 14.4. The molecule has 4 heterocycles. The van der Waals surface area contributed by atoms with Crippen molar-refractivity contribution < 1.29 is 42.7 Å². The monoisotopic (exact) mass is 454 g/mol. The Hall–Kier alpha value is -1.81. The number of halogens is 2. The second-order valence-electron chi connectivity index (χ2n) is 9.83. The zero-order valence-electron chi connectivity index (χ0n) is 18.3. The van der Waals surface area contributed by atoms with Gasteiger partial charge in [0.1, 0.15) is 17.4 Å². The van der Waals surface area contributed by atoms with Crippen molar-refractivity contribution >= 4 is 5.97 Å². The minimum absolute atomic E-state index is 0.0103. The number of rotatable bonds is 4. The molecule has 1 spiro atoms. The van der Waals surface area contributed by atoms with E-state index in [-0.39, 0.29) is 23.5 Å². The van der Waals surface area contributed by atoms with E-state index >= 15 is 0 Å². The molecule has 5 aliphatic rings. The molecule has 4 aliphatic heterocycles. The SMILES string of the molecule is C[C@H]1[C@H](Oc2cc(F)c(CC(=O)O)c(F)c2)O[C@@H]2O[C@@]3(C)CC[C@H]4[C@H](C)CC[C@@H]1[C@@]24OO3. The molecule has 4 saturated heterocycles. The molecule has 7 nitrogen and oxygen atoms in total.